The minimum atomic E-state index is -1.80. The molecule has 4 rings (SSSR count). The van der Waals surface area contributed by atoms with Gasteiger partial charge in [-0.25, -0.2) is 18.4 Å². The molecule has 5 N–H and O–H groups in total. The van der Waals surface area contributed by atoms with Gasteiger partial charge in [-0.2, -0.15) is 0 Å². The van der Waals surface area contributed by atoms with Gasteiger partial charge in [0.2, 0.25) is 11.8 Å². The van der Waals surface area contributed by atoms with Crippen molar-refractivity contribution in [3.63, 3.8) is 0 Å². The van der Waals surface area contributed by atoms with Crippen LogP contribution in [-0.4, -0.2) is 74.0 Å². The summed E-state index contributed by atoms with van der Waals surface area (Å²) in [6, 6.07) is 0.435. The van der Waals surface area contributed by atoms with Gasteiger partial charge in [-0.1, -0.05) is 6.92 Å². The number of carboxylic acids is 2. The molecule has 0 radical (unpaired) electrons. The molecule has 2 amide bonds. The number of rotatable bonds is 7. The number of anilines is 1. The van der Waals surface area contributed by atoms with E-state index < -0.39 is 70.7 Å². The highest BCUT2D eigenvalue weighted by Gasteiger charge is 2.60. The Bertz CT molecular complexity index is 1160. The molecule has 0 aliphatic carbocycles. The molecule has 1 aromatic carbocycles. The number of halogens is 2. The van der Waals surface area contributed by atoms with E-state index in [4.69, 9.17) is 5.11 Å². The fourth-order valence-electron chi connectivity index (χ4n) is 4.92. The molecule has 0 saturated carbocycles. The minimum Gasteiger partial charge on any atom is -0.477 e. The Kier molecular flexibility index (Phi) is 6.60. The van der Waals surface area contributed by atoms with Crippen molar-refractivity contribution in [3.05, 3.63) is 39.9 Å². The molecule has 3 aliphatic heterocycles. The third-order valence-corrected chi connectivity index (χ3v) is 8.09. The summed E-state index contributed by atoms with van der Waals surface area (Å²) in [5.74, 6) is -7.81. The lowest BCUT2D eigenvalue weighted by atomic mass is 9.79. The van der Waals surface area contributed by atoms with Gasteiger partial charge in [-0.05, 0) is 25.5 Å². The average Bonchev–Trinajstić information content (AvgIpc) is 3.32. The first kappa shape index (κ1) is 25.1. The van der Waals surface area contributed by atoms with E-state index in [2.05, 4.69) is 10.6 Å². The molecular formula is C22H23F2N3O7S. The zero-order valence-electron chi connectivity index (χ0n) is 18.6. The number of nitrogens with zero attached hydrogens (tertiary/aromatic N) is 1. The summed E-state index contributed by atoms with van der Waals surface area (Å²) in [5.41, 5.74) is -1.76. The smallest absolute Gasteiger partial charge is 0.353 e. The van der Waals surface area contributed by atoms with Gasteiger partial charge >= 0.3 is 11.9 Å². The molecule has 188 valence electrons. The maximum atomic E-state index is 14.4. The molecule has 6 atom stereocenters. The van der Waals surface area contributed by atoms with Gasteiger partial charge < -0.3 is 30.9 Å². The van der Waals surface area contributed by atoms with Crippen molar-refractivity contribution in [2.75, 3.05) is 11.9 Å². The summed E-state index contributed by atoms with van der Waals surface area (Å²) < 4.78 is 28.0. The third kappa shape index (κ3) is 4.17. The number of amides is 2. The van der Waals surface area contributed by atoms with E-state index in [9.17, 15) is 38.2 Å². The summed E-state index contributed by atoms with van der Waals surface area (Å²) in [7, 11) is 0. The molecule has 35 heavy (non-hydrogen) atoms. The highest BCUT2D eigenvalue weighted by atomic mass is 32.2. The fraction of sp³-hybridized carbons (Fsp3) is 0.455. The van der Waals surface area contributed by atoms with Crippen molar-refractivity contribution in [2.45, 2.75) is 43.7 Å². The monoisotopic (exact) mass is 511 g/mol. The van der Waals surface area contributed by atoms with Crippen molar-refractivity contribution >= 4 is 41.2 Å². The quantitative estimate of drug-likeness (QED) is 0.340. The molecule has 0 spiro atoms. The lowest BCUT2D eigenvalue weighted by molar-refractivity contribution is -0.163. The number of aliphatic hydroxyl groups is 1. The number of carboxylic acid groups (broad SMARTS) is 2. The van der Waals surface area contributed by atoms with Crippen molar-refractivity contribution in [2.24, 2.45) is 11.8 Å². The van der Waals surface area contributed by atoms with Gasteiger partial charge in [-0.3, -0.25) is 9.59 Å². The predicted octanol–water partition coefficient (Wildman–Crippen LogP) is 1.22. The molecule has 3 aliphatic rings. The minimum absolute atomic E-state index is 0.114. The van der Waals surface area contributed by atoms with Gasteiger partial charge in [0.25, 0.3) is 0 Å². The number of β-lactam (4-membered cyclic amide) rings is 1. The zero-order chi connectivity index (χ0) is 25.8. The number of benzene rings is 1. The Morgan fingerprint density at radius 3 is 2.51 bits per heavy atom. The fourth-order valence-corrected chi connectivity index (χ4v) is 6.39. The molecule has 0 bridgehead atoms. The van der Waals surface area contributed by atoms with Crippen LogP contribution in [0.1, 0.15) is 30.6 Å². The normalized spacial score (nSPS) is 28.5. The standard InChI is InChI=1S/C22H23F2N3O7S/c1-7-16-13(8(2)28)20(30)27(16)17(22(33)34)18(7)35-9-5-12(25-6-9)19(29)26-11-4-3-10(23)14(15(11)24)21(31)32/h3-4,7-9,12-13,16,25,28H,5-6H2,1-2H3,(H,26,29)(H,31,32)(H,33,34). The maximum Gasteiger partial charge on any atom is 0.353 e. The summed E-state index contributed by atoms with van der Waals surface area (Å²) in [6.45, 7) is 3.60. The van der Waals surface area contributed by atoms with Crippen LogP contribution in [0, 0.1) is 23.5 Å². The third-order valence-electron chi connectivity index (χ3n) is 6.57. The van der Waals surface area contributed by atoms with E-state index in [-0.39, 0.29) is 23.3 Å². The van der Waals surface area contributed by atoms with Crippen LogP contribution in [0.4, 0.5) is 14.5 Å². The number of hydrogen-bond acceptors (Lipinski definition) is 7. The van der Waals surface area contributed by atoms with Gasteiger partial charge in [0.15, 0.2) is 5.82 Å². The molecule has 3 heterocycles. The van der Waals surface area contributed by atoms with E-state index in [0.717, 1.165) is 12.1 Å². The second-order valence-corrected chi connectivity index (χ2v) is 10.1. The van der Waals surface area contributed by atoms with E-state index in [0.29, 0.717) is 11.4 Å². The van der Waals surface area contributed by atoms with Crippen molar-refractivity contribution in [1.29, 1.82) is 0 Å². The van der Waals surface area contributed by atoms with Gasteiger partial charge in [-0.15, -0.1) is 11.8 Å². The van der Waals surface area contributed by atoms with Crippen LogP contribution in [0.2, 0.25) is 0 Å². The number of nitrogens with one attached hydrogen (secondary N) is 2. The van der Waals surface area contributed by atoms with Crippen molar-refractivity contribution in [3.8, 4) is 0 Å². The number of aromatic carboxylic acids is 1. The van der Waals surface area contributed by atoms with Crippen molar-refractivity contribution in [1.82, 2.24) is 10.2 Å². The number of hydrogen-bond donors (Lipinski definition) is 5. The van der Waals surface area contributed by atoms with Crippen LogP contribution >= 0.6 is 11.8 Å². The van der Waals surface area contributed by atoms with Crippen LogP contribution in [-0.2, 0) is 14.4 Å². The Morgan fingerprint density at radius 1 is 1.23 bits per heavy atom. The van der Waals surface area contributed by atoms with E-state index in [1.807, 2.05) is 0 Å². The summed E-state index contributed by atoms with van der Waals surface area (Å²) >= 11 is 1.24. The topological polar surface area (TPSA) is 156 Å². The first-order chi connectivity index (χ1) is 16.4. The van der Waals surface area contributed by atoms with E-state index in [1.54, 1.807) is 6.92 Å². The van der Waals surface area contributed by atoms with Crippen LogP contribution in [0.25, 0.3) is 0 Å². The predicted molar refractivity (Wildman–Crippen MR) is 119 cm³/mol. The number of carbonyl (C=O) groups excluding carboxylic acids is 2. The van der Waals surface area contributed by atoms with E-state index >= 15 is 0 Å². The van der Waals surface area contributed by atoms with Crippen LogP contribution in [0.5, 0.6) is 0 Å². The maximum absolute atomic E-state index is 14.4. The Morgan fingerprint density at radius 2 is 1.91 bits per heavy atom. The molecule has 2 fully saturated rings. The van der Waals surface area contributed by atoms with E-state index in [1.165, 1.54) is 23.6 Å². The largest absolute Gasteiger partial charge is 0.477 e. The lowest BCUT2D eigenvalue weighted by Gasteiger charge is -2.46. The molecule has 2 saturated heterocycles. The first-order valence-electron chi connectivity index (χ1n) is 10.8. The van der Waals surface area contributed by atoms with Gasteiger partial charge in [0.05, 0.1) is 29.8 Å². The second kappa shape index (κ2) is 9.21. The molecule has 1 aromatic rings. The Balaban J connectivity index is 1.46. The number of thioether (sulfide) groups is 1. The zero-order valence-corrected chi connectivity index (χ0v) is 19.4. The molecule has 0 aromatic heterocycles. The molecular weight excluding hydrogens is 488 g/mol. The number of aliphatic hydroxyl groups excluding tert-OH is 1. The first-order valence-corrected chi connectivity index (χ1v) is 11.7. The highest BCUT2D eigenvalue weighted by Crippen LogP contribution is 2.51. The van der Waals surface area contributed by atoms with Crippen LogP contribution in [0.15, 0.2) is 22.7 Å². The molecule has 6 unspecified atom stereocenters. The lowest BCUT2D eigenvalue weighted by Crippen LogP contribution is -2.63. The number of carbonyl (C=O) groups is 4. The second-order valence-electron chi connectivity index (χ2n) is 8.79. The SMILES string of the molecule is CC(O)C1C(=O)N2C(C(=O)O)=C(SC3CNC(C(=O)Nc4ccc(F)c(C(=O)O)c4F)C3)C(C)C12. The van der Waals surface area contributed by atoms with Gasteiger partial charge in [0, 0.05) is 22.6 Å². The number of fused-ring (bicyclic) bond motifs is 1. The molecule has 13 heteroatoms. The summed E-state index contributed by atoms with van der Waals surface area (Å²) in [6.07, 6.45) is -0.674. The van der Waals surface area contributed by atoms with Crippen molar-refractivity contribution < 1.29 is 43.3 Å². The van der Waals surface area contributed by atoms with Crippen LogP contribution < -0.4 is 10.6 Å². The summed E-state index contributed by atoms with van der Waals surface area (Å²) in [5, 5.41) is 33.7. The molecule has 10 nitrogen and oxygen atoms in total. The summed E-state index contributed by atoms with van der Waals surface area (Å²) in [4.78, 5) is 49.8. The van der Waals surface area contributed by atoms with Crippen LogP contribution in [0.3, 0.4) is 0 Å². The Labute approximate surface area is 202 Å². The Hall–Kier alpha value is -3.03. The average molecular weight is 512 g/mol. The number of aliphatic carboxylic acids is 1. The van der Waals surface area contributed by atoms with Gasteiger partial charge in [0.1, 0.15) is 17.1 Å². The highest BCUT2D eigenvalue weighted by molar-refractivity contribution is 8.03.